The standard InChI is InChI=1S/C15H23NO4/c1-2-3-4-5-6-9-16-14(17)12-10-7-8-11(20-10)13(12)15(18)19/h7-8,10-13H,2-6,9H2,1H3,(H,16,17)(H,18,19). The minimum absolute atomic E-state index is 0.190. The number of nitrogens with one attached hydrogen (secondary N) is 1. The number of amides is 1. The van der Waals surface area contributed by atoms with E-state index in [0.29, 0.717) is 6.54 Å². The minimum Gasteiger partial charge on any atom is -0.481 e. The zero-order valence-corrected chi connectivity index (χ0v) is 11.9. The molecule has 0 aromatic rings. The molecule has 2 bridgehead atoms. The first-order chi connectivity index (χ1) is 9.65. The highest BCUT2D eigenvalue weighted by molar-refractivity contribution is 5.87. The Hall–Kier alpha value is -1.36. The molecular formula is C15H23NO4. The number of fused-ring (bicyclic) bond motifs is 2. The minimum atomic E-state index is -0.954. The van der Waals surface area contributed by atoms with Crippen LogP contribution in [0.4, 0.5) is 0 Å². The largest absolute Gasteiger partial charge is 0.481 e. The van der Waals surface area contributed by atoms with Gasteiger partial charge in [-0.3, -0.25) is 9.59 Å². The van der Waals surface area contributed by atoms with Crippen molar-refractivity contribution in [2.45, 2.75) is 51.2 Å². The fourth-order valence-corrected chi connectivity index (χ4v) is 2.97. The number of hydrogen-bond donors (Lipinski definition) is 2. The Morgan fingerprint density at radius 2 is 1.75 bits per heavy atom. The van der Waals surface area contributed by atoms with E-state index in [1.165, 1.54) is 19.3 Å². The van der Waals surface area contributed by atoms with Gasteiger partial charge < -0.3 is 15.2 Å². The molecule has 20 heavy (non-hydrogen) atoms. The maximum absolute atomic E-state index is 12.2. The van der Waals surface area contributed by atoms with Crippen molar-refractivity contribution in [3.8, 4) is 0 Å². The predicted molar refractivity (Wildman–Crippen MR) is 74.2 cm³/mol. The summed E-state index contributed by atoms with van der Waals surface area (Å²) in [7, 11) is 0. The van der Waals surface area contributed by atoms with Gasteiger partial charge in [0.25, 0.3) is 0 Å². The maximum atomic E-state index is 12.2. The first-order valence-electron chi connectivity index (χ1n) is 7.49. The smallest absolute Gasteiger partial charge is 0.310 e. The first-order valence-corrected chi connectivity index (χ1v) is 7.49. The van der Waals surface area contributed by atoms with E-state index in [-0.39, 0.29) is 12.0 Å². The third-order valence-corrected chi connectivity index (χ3v) is 4.07. The summed E-state index contributed by atoms with van der Waals surface area (Å²) in [5.74, 6) is -2.47. The van der Waals surface area contributed by atoms with Crippen LogP contribution in [0.15, 0.2) is 12.2 Å². The highest BCUT2D eigenvalue weighted by Crippen LogP contribution is 2.39. The first kappa shape index (κ1) is 15.0. The molecule has 1 fully saturated rings. The number of hydrogen-bond acceptors (Lipinski definition) is 3. The van der Waals surface area contributed by atoms with Gasteiger partial charge in [-0.25, -0.2) is 0 Å². The van der Waals surface area contributed by atoms with Gasteiger partial charge in [-0.15, -0.1) is 0 Å². The lowest BCUT2D eigenvalue weighted by Crippen LogP contribution is -2.42. The number of rotatable bonds is 8. The Bertz CT molecular complexity index is 393. The number of ether oxygens (including phenoxy) is 1. The van der Waals surface area contributed by atoms with Gasteiger partial charge in [-0.2, -0.15) is 0 Å². The molecule has 0 aromatic carbocycles. The Morgan fingerprint density at radius 3 is 2.40 bits per heavy atom. The van der Waals surface area contributed by atoms with Gasteiger partial charge >= 0.3 is 5.97 Å². The van der Waals surface area contributed by atoms with Crippen LogP contribution in [0.3, 0.4) is 0 Å². The molecule has 1 saturated heterocycles. The Balaban J connectivity index is 1.77. The molecule has 0 aliphatic carbocycles. The molecule has 4 atom stereocenters. The quantitative estimate of drug-likeness (QED) is 0.525. The lowest BCUT2D eigenvalue weighted by Gasteiger charge is -2.20. The normalized spacial score (nSPS) is 30.6. The maximum Gasteiger partial charge on any atom is 0.310 e. The van der Waals surface area contributed by atoms with Crippen LogP contribution in [-0.2, 0) is 14.3 Å². The molecule has 2 heterocycles. The molecule has 0 spiro atoms. The van der Waals surface area contributed by atoms with E-state index in [4.69, 9.17) is 4.74 Å². The molecular weight excluding hydrogens is 258 g/mol. The number of carbonyl (C=O) groups excluding carboxylic acids is 1. The van der Waals surface area contributed by atoms with Crippen molar-refractivity contribution in [3.63, 3.8) is 0 Å². The van der Waals surface area contributed by atoms with Gasteiger partial charge in [0.2, 0.25) is 5.91 Å². The second-order valence-electron chi connectivity index (χ2n) is 5.55. The van der Waals surface area contributed by atoms with Crippen LogP contribution in [0.25, 0.3) is 0 Å². The van der Waals surface area contributed by atoms with Crippen LogP contribution in [0, 0.1) is 11.8 Å². The van der Waals surface area contributed by atoms with E-state index in [1.54, 1.807) is 12.2 Å². The summed E-state index contributed by atoms with van der Waals surface area (Å²) in [5.41, 5.74) is 0. The number of carbonyl (C=O) groups is 2. The van der Waals surface area contributed by atoms with Gasteiger partial charge in [-0.05, 0) is 6.42 Å². The zero-order chi connectivity index (χ0) is 14.5. The average molecular weight is 281 g/mol. The lowest BCUT2D eigenvalue weighted by molar-refractivity contribution is -0.146. The topological polar surface area (TPSA) is 75.6 Å². The molecule has 0 saturated carbocycles. The molecule has 2 aliphatic rings. The molecule has 4 unspecified atom stereocenters. The third-order valence-electron chi connectivity index (χ3n) is 4.07. The third kappa shape index (κ3) is 3.20. The van der Waals surface area contributed by atoms with E-state index in [9.17, 15) is 14.7 Å². The SMILES string of the molecule is CCCCCCCNC(=O)C1C2C=CC(O2)C1C(=O)O. The van der Waals surface area contributed by atoms with Crippen molar-refractivity contribution >= 4 is 11.9 Å². The van der Waals surface area contributed by atoms with Crippen molar-refractivity contribution in [1.29, 1.82) is 0 Å². The number of carboxylic acid groups (broad SMARTS) is 1. The number of aliphatic carboxylic acids is 1. The van der Waals surface area contributed by atoms with Crippen LogP contribution < -0.4 is 5.32 Å². The second kappa shape index (κ2) is 6.88. The van der Waals surface area contributed by atoms with E-state index in [0.717, 1.165) is 12.8 Å². The van der Waals surface area contributed by atoms with E-state index in [2.05, 4.69) is 12.2 Å². The predicted octanol–water partition coefficient (Wildman–Crippen LogP) is 1.73. The van der Waals surface area contributed by atoms with Crippen molar-refractivity contribution in [3.05, 3.63) is 12.2 Å². The highest BCUT2D eigenvalue weighted by atomic mass is 16.5. The monoisotopic (exact) mass is 281 g/mol. The average Bonchev–Trinajstić information content (AvgIpc) is 3.02. The molecule has 1 amide bonds. The molecule has 2 rings (SSSR count). The summed E-state index contributed by atoms with van der Waals surface area (Å²) in [6.07, 6.45) is 8.38. The summed E-state index contributed by atoms with van der Waals surface area (Å²) in [5, 5.41) is 12.1. The van der Waals surface area contributed by atoms with Gasteiger partial charge in [0, 0.05) is 6.54 Å². The van der Waals surface area contributed by atoms with Gasteiger partial charge in [0.1, 0.15) is 5.92 Å². The van der Waals surface area contributed by atoms with E-state index >= 15 is 0 Å². The molecule has 5 nitrogen and oxygen atoms in total. The van der Waals surface area contributed by atoms with Gasteiger partial charge in [0.15, 0.2) is 0 Å². The molecule has 2 N–H and O–H groups in total. The lowest BCUT2D eigenvalue weighted by atomic mass is 9.82. The van der Waals surface area contributed by atoms with Crippen molar-refractivity contribution in [2.75, 3.05) is 6.54 Å². The zero-order valence-electron chi connectivity index (χ0n) is 11.9. The van der Waals surface area contributed by atoms with Crippen LogP contribution in [-0.4, -0.2) is 35.7 Å². The van der Waals surface area contributed by atoms with Crippen molar-refractivity contribution in [2.24, 2.45) is 11.8 Å². The van der Waals surface area contributed by atoms with Crippen LogP contribution in [0.1, 0.15) is 39.0 Å². The number of carboxylic acids is 1. The molecule has 112 valence electrons. The van der Waals surface area contributed by atoms with E-state index in [1.807, 2.05) is 0 Å². The molecule has 0 aromatic heterocycles. The van der Waals surface area contributed by atoms with E-state index < -0.39 is 23.9 Å². The fraction of sp³-hybridized carbons (Fsp3) is 0.733. The molecule has 5 heteroatoms. The number of unbranched alkanes of at least 4 members (excludes halogenated alkanes) is 4. The summed E-state index contributed by atoms with van der Waals surface area (Å²) in [4.78, 5) is 23.4. The van der Waals surface area contributed by atoms with Crippen molar-refractivity contribution < 1.29 is 19.4 Å². The second-order valence-corrected chi connectivity index (χ2v) is 5.55. The highest BCUT2D eigenvalue weighted by Gasteiger charge is 2.52. The van der Waals surface area contributed by atoms with Gasteiger partial charge in [-0.1, -0.05) is 44.8 Å². The van der Waals surface area contributed by atoms with Crippen LogP contribution >= 0.6 is 0 Å². The summed E-state index contributed by atoms with van der Waals surface area (Å²) in [6.45, 7) is 2.78. The van der Waals surface area contributed by atoms with Crippen LogP contribution in [0.5, 0.6) is 0 Å². The van der Waals surface area contributed by atoms with Gasteiger partial charge in [0.05, 0.1) is 18.1 Å². The Morgan fingerprint density at radius 1 is 1.10 bits per heavy atom. The summed E-state index contributed by atoms with van der Waals surface area (Å²) >= 11 is 0. The fourth-order valence-electron chi connectivity index (χ4n) is 2.97. The van der Waals surface area contributed by atoms with Crippen LogP contribution in [0.2, 0.25) is 0 Å². The molecule has 0 radical (unpaired) electrons. The Kier molecular flexibility index (Phi) is 5.17. The molecule has 2 aliphatic heterocycles. The van der Waals surface area contributed by atoms with Crippen molar-refractivity contribution in [1.82, 2.24) is 5.32 Å². The summed E-state index contributed by atoms with van der Waals surface area (Å²) < 4.78 is 5.49. The summed E-state index contributed by atoms with van der Waals surface area (Å²) in [6, 6.07) is 0. The Labute approximate surface area is 119 Å².